The van der Waals surface area contributed by atoms with Crippen molar-refractivity contribution in [1.29, 1.82) is 0 Å². The molecule has 0 amide bonds. The van der Waals surface area contributed by atoms with Crippen molar-refractivity contribution in [2.45, 2.75) is 285 Å². The number of ether oxygens (including phenoxy) is 4. The smallest absolute Gasteiger partial charge is 0.306 e. The van der Waals surface area contributed by atoms with E-state index in [0.29, 0.717) is 88.3 Å². The van der Waals surface area contributed by atoms with Gasteiger partial charge in [0.15, 0.2) is 13.1 Å². The van der Waals surface area contributed by atoms with Crippen LogP contribution in [0.25, 0.3) is 0 Å². The molecule has 74 heavy (non-hydrogen) atoms. The fourth-order valence-corrected chi connectivity index (χ4v) is 19.6. The third kappa shape index (κ3) is 58.2. The summed E-state index contributed by atoms with van der Waals surface area (Å²) in [7, 11) is 0. The minimum absolute atomic E-state index is 0.147. The van der Waals surface area contributed by atoms with Crippen LogP contribution in [0.4, 0.5) is 0 Å². The molecule has 0 aliphatic rings. The number of unbranched alkanes of at least 4 members (excludes halogenated alkanes) is 31. The van der Waals surface area contributed by atoms with Crippen LogP contribution in [0, 0.1) is 0 Å². The van der Waals surface area contributed by atoms with E-state index < -0.39 is 13.1 Å². The fraction of sp³-hybridized carbons (Fsp3) is 0.931. The van der Waals surface area contributed by atoms with Gasteiger partial charge in [-0.2, -0.15) is 0 Å². The van der Waals surface area contributed by atoms with Crippen LogP contribution in [0.2, 0.25) is 0 Å². The quantitative estimate of drug-likeness (QED) is 0.0248. The van der Waals surface area contributed by atoms with Gasteiger partial charge in [0.05, 0.1) is 65.3 Å². The van der Waals surface area contributed by atoms with Crippen molar-refractivity contribution >= 4 is 82.5 Å². The highest BCUT2D eigenvalue weighted by atomic mass is 33.1. The average Bonchev–Trinajstić information content (AvgIpc) is 3.39. The lowest BCUT2D eigenvalue weighted by molar-refractivity contribution is -0.144. The maximum Gasteiger partial charge on any atom is 0.306 e. The zero-order chi connectivity index (χ0) is 53.9. The maximum absolute atomic E-state index is 12.5. The highest BCUT2D eigenvalue weighted by Gasteiger charge is 2.17. The summed E-state index contributed by atoms with van der Waals surface area (Å²) in [5, 5.41) is 0. The van der Waals surface area contributed by atoms with Crippen LogP contribution < -0.4 is 0 Å². The second kappa shape index (κ2) is 62.3. The molecular formula is C58H112O10P2S4. The highest BCUT2D eigenvalue weighted by molar-refractivity contribution is 8.87. The molecule has 0 bridgehead atoms. The Labute approximate surface area is 474 Å². The van der Waals surface area contributed by atoms with Crippen molar-refractivity contribution < 1.29 is 47.2 Å². The number of hydrogen-bond donors (Lipinski definition) is 0. The molecule has 0 aromatic rings. The largest absolute Gasteiger partial charge is 0.466 e. The van der Waals surface area contributed by atoms with Crippen LogP contribution in [0.15, 0.2) is 0 Å². The van der Waals surface area contributed by atoms with Crippen molar-refractivity contribution in [3.8, 4) is 0 Å². The molecule has 0 fully saturated rings. The highest BCUT2D eigenvalue weighted by Crippen LogP contribution is 2.63. The van der Waals surface area contributed by atoms with Gasteiger partial charge in [0.25, 0.3) is 0 Å². The van der Waals surface area contributed by atoms with Crippen molar-refractivity contribution in [2.24, 2.45) is 0 Å². The molecule has 0 N–H and O–H groups in total. The van der Waals surface area contributed by atoms with Crippen molar-refractivity contribution in [3.63, 3.8) is 0 Å². The Hall–Kier alpha value is 0.0600. The van der Waals surface area contributed by atoms with Gasteiger partial charge in [0.1, 0.15) is 0 Å². The average molecular weight is 1160 g/mol. The van der Waals surface area contributed by atoms with Gasteiger partial charge in [0, 0.05) is 23.0 Å². The van der Waals surface area contributed by atoms with Crippen LogP contribution in [0.3, 0.4) is 0 Å². The zero-order valence-corrected chi connectivity index (χ0v) is 53.0. The van der Waals surface area contributed by atoms with E-state index in [9.17, 15) is 19.2 Å². The van der Waals surface area contributed by atoms with Gasteiger partial charge in [-0.15, -0.1) is 0 Å². The van der Waals surface area contributed by atoms with E-state index in [1.807, 2.05) is 0 Å². The predicted molar refractivity (Wildman–Crippen MR) is 327 cm³/mol. The van der Waals surface area contributed by atoms with E-state index in [-0.39, 0.29) is 23.9 Å². The monoisotopic (exact) mass is 1160 g/mol. The van der Waals surface area contributed by atoms with E-state index in [4.69, 9.17) is 28.0 Å². The van der Waals surface area contributed by atoms with Gasteiger partial charge in [-0.3, -0.25) is 19.2 Å². The second-order valence-corrected chi connectivity index (χ2v) is 32.2. The third-order valence-corrected chi connectivity index (χ3v) is 25.4. The Balaban J connectivity index is 4.83. The summed E-state index contributed by atoms with van der Waals surface area (Å²) >= 11 is 6.69. The van der Waals surface area contributed by atoms with Crippen LogP contribution in [0.1, 0.15) is 285 Å². The number of carbonyl (C=O) groups is 4. The molecule has 0 rings (SSSR count). The Morgan fingerprint density at radius 3 is 0.635 bits per heavy atom. The lowest BCUT2D eigenvalue weighted by atomic mass is 10.1. The molecule has 0 unspecified atom stereocenters. The lowest BCUT2D eigenvalue weighted by Gasteiger charge is -2.17. The van der Waals surface area contributed by atoms with Gasteiger partial charge >= 0.3 is 23.9 Å². The minimum Gasteiger partial charge on any atom is -0.466 e. The zero-order valence-electron chi connectivity index (χ0n) is 48.0. The molecule has 438 valence electrons. The van der Waals surface area contributed by atoms with Gasteiger partial charge < -0.3 is 28.0 Å². The molecular weight excluding hydrogens is 1050 g/mol. The van der Waals surface area contributed by atoms with Crippen LogP contribution in [-0.2, 0) is 47.2 Å². The summed E-state index contributed by atoms with van der Waals surface area (Å²) < 4.78 is 35.0. The first kappa shape index (κ1) is 74.1. The van der Waals surface area contributed by atoms with Crippen LogP contribution in [-0.4, -0.2) is 86.5 Å². The van der Waals surface area contributed by atoms with Crippen molar-refractivity contribution in [1.82, 2.24) is 0 Å². The molecule has 0 aromatic heterocycles. The topological polar surface area (TPSA) is 124 Å². The molecule has 0 atom stereocenters. The summed E-state index contributed by atoms with van der Waals surface area (Å²) in [6, 6.07) is 0. The second-order valence-electron chi connectivity index (χ2n) is 19.6. The molecule has 0 aliphatic heterocycles. The molecule has 0 spiro atoms. The first-order valence-electron chi connectivity index (χ1n) is 30.4. The van der Waals surface area contributed by atoms with E-state index in [1.165, 1.54) is 154 Å². The lowest BCUT2D eigenvalue weighted by Crippen LogP contribution is -2.07. The molecule has 10 nitrogen and oxygen atoms in total. The van der Waals surface area contributed by atoms with Crippen molar-refractivity contribution in [2.75, 3.05) is 62.7 Å². The van der Waals surface area contributed by atoms with E-state index in [0.717, 1.165) is 77.0 Å². The fourth-order valence-electron chi connectivity index (χ4n) is 7.85. The molecule has 0 saturated carbocycles. The molecule has 0 radical (unpaired) electrons. The molecule has 16 heteroatoms. The Morgan fingerprint density at radius 2 is 0.432 bits per heavy atom. The Morgan fingerprint density at radius 1 is 0.257 bits per heavy atom. The van der Waals surface area contributed by atoms with E-state index in [2.05, 4.69) is 27.7 Å². The number of rotatable bonds is 61. The van der Waals surface area contributed by atoms with Gasteiger partial charge in [0.2, 0.25) is 0 Å². The SMILES string of the molecule is CCCCCCCCCCOC(=O)CCSP(OCCCCCCOP(SCCC(=O)OCCCCCCCCCC)SCCC(=O)OCCCCCCCCCC)SCCC(=O)OCCCCCCCCCC. The molecule has 0 saturated heterocycles. The Kier molecular flexibility index (Phi) is 62.3. The molecule has 0 aliphatic carbocycles. The summed E-state index contributed by atoms with van der Waals surface area (Å²) in [5.74, 6) is 1.95. The van der Waals surface area contributed by atoms with Crippen LogP contribution in [0.5, 0.6) is 0 Å². The molecule has 0 aromatic carbocycles. The third-order valence-electron chi connectivity index (χ3n) is 12.5. The Bertz CT molecular complexity index is 1060. The first-order chi connectivity index (χ1) is 36.4. The maximum atomic E-state index is 12.5. The number of hydrogen-bond acceptors (Lipinski definition) is 14. The summed E-state index contributed by atoms with van der Waals surface area (Å²) in [6.45, 7) is 10.3. The van der Waals surface area contributed by atoms with E-state index >= 15 is 0 Å². The standard InChI is InChI=1S/C58H112O10P2S4/c1-5-9-13-17-21-25-29-35-45-63-55(59)41-51-71-69(72-52-42-56(60)64-46-36-30-26-22-18-14-10-6-2)67-49-39-33-34-40-50-68-70(73-53-43-57(61)65-47-37-31-27-23-19-15-11-7-3)74-54-44-58(62)66-48-38-32-28-24-20-16-12-8-4/h5-54H2,1-4H3. The first-order valence-corrected chi connectivity index (χ1v) is 39.2. The normalized spacial score (nSPS) is 11.5. The summed E-state index contributed by atoms with van der Waals surface area (Å²) in [6.07, 6.45) is 44.1. The van der Waals surface area contributed by atoms with Gasteiger partial charge in [-0.05, 0) is 38.5 Å². The van der Waals surface area contributed by atoms with Crippen LogP contribution >= 0.6 is 58.6 Å². The predicted octanol–water partition coefficient (Wildman–Crippen LogP) is 20.3. The summed E-state index contributed by atoms with van der Waals surface area (Å²) in [4.78, 5) is 50.1. The number of esters is 4. The molecule has 0 heterocycles. The summed E-state index contributed by atoms with van der Waals surface area (Å²) in [5.41, 5.74) is 0. The minimum atomic E-state index is -0.929. The number of carbonyl (C=O) groups excluding carboxylic acids is 4. The van der Waals surface area contributed by atoms with Crippen molar-refractivity contribution in [3.05, 3.63) is 0 Å². The van der Waals surface area contributed by atoms with Gasteiger partial charge in [-0.25, -0.2) is 0 Å². The van der Waals surface area contributed by atoms with E-state index in [1.54, 1.807) is 45.5 Å². The van der Waals surface area contributed by atoms with Gasteiger partial charge in [-0.1, -0.05) is 266 Å².